The lowest BCUT2D eigenvalue weighted by Crippen LogP contribution is -2.50. The van der Waals surface area contributed by atoms with Crippen LogP contribution in [0.4, 0.5) is 0 Å². The standard InChI is InChI=1S/C33H30BClO5/c1-19-15-26-31(33(38)25-10-6-5-9-24(25)32(26)37)27-18-34(39)40-29(30(19)27)14-12-21(20-7-3-2-4-8-20)16-22-11-13-23(36)17-28(22)35/h2-11,13,16-17,26-27,29,31,36,39H,12,14-15,18H2,1H3/b21-16-/t26-,27+,29-,31-/m1/s1. The zero-order valence-corrected chi connectivity index (χ0v) is 23.0. The molecule has 2 aliphatic carbocycles. The van der Waals surface area contributed by atoms with E-state index < -0.39 is 19.0 Å². The van der Waals surface area contributed by atoms with E-state index in [9.17, 15) is 19.7 Å². The Kier molecular flexibility index (Phi) is 7.26. The summed E-state index contributed by atoms with van der Waals surface area (Å²) < 4.78 is 6.13. The molecule has 3 aromatic carbocycles. The summed E-state index contributed by atoms with van der Waals surface area (Å²) in [6.45, 7) is 2.04. The van der Waals surface area contributed by atoms with Crippen LogP contribution in [-0.4, -0.2) is 34.9 Å². The molecule has 3 aliphatic rings. The SMILES string of the molecule is CC1=C2[C@@H](CC/C(=C/c3ccc(O)cc3Cl)c3ccccc3)OB(O)C[C@@H]2[C@@H]2C(=O)c3ccccc3C(=O)[C@@H]2C1. The van der Waals surface area contributed by atoms with Crippen LogP contribution in [0.25, 0.3) is 11.6 Å². The molecular weight excluding hydrogens is 523 g/mol. The number of phenols is 1. The molecule has 2 N–H and O–H groups in total. The van der Waals surface area contributed by atoms with E-state index in [1.807, 2.05) is 43.3 Å². The molecule has 0 saturated carbocycles. The Balaban J connectivity index is 1.33. The maximum absolute atomic E-state index is 13.7. The summed E-state index contributed by atoms with van der Waals surface area (Å²) in [6, 6.07) is 22.0. The van der Waals surface area contributed by atoms with Crippen LogP contribution in [0.15, 0.2) is 83.9 Å². The molecule has 0 unspecified atom stereocenters. The summed E-state index contributed by atoms with van der Waals surface area (Å²) >= 11 is 6.44. The largest absolute Gasteiger partial charge is 0.508 e. The van der Waals surface area contributed by atoms with Crippen LogP contribution in [0.5, 0.6) is 5.75 Å². The predicted molar refractivity (Wildman–Crippen MR) is 157 cm³/mol. The van der Waals surface area contributed by atoms with Crippen LogP contribution < -0.4 is 0 Å². The summed E-state index contributed by atoms with van der Waals surface area (Å²) in [4.78, 5) is 27.2. The van der Waals surface area contributed by atoms with Crippen molar-refractivity contribution in [1.82, 2.24) is 0 Å². The fourth-order valence-electron chi connectivity index (χ4n) is 6.88. The van der Waals surface area contributed by atoms with Crippen LogP contribution >= 0.6 is 11.6 Å². The van der Waals surface area contributed by atoms with Crippen molar-refractivity contribution in [3.63, 3.8) is 0 Å². The fourth-order valence-corrected chi connectivity index (χ4v) is 7.11. The smallest absolute Gasteiger partial charge is 0.455 e. The number of hydrogen-bond acceptors (Lipinski definition) is 5. The van der Waals surface area contributed by atoms with Crippen molar-refractivity contribution in [2.24, 2.45) is 17.8 Å². The molecule has 0 radical (unpaired) electrons. The summed E-state index contributed by atoms with van der Waals surface area (Å²) in [6.07, 6.45) is 3.69. The van der Waals surface area contributed by atoms with E-state index in [1.165, 1.54) is 6.07 Å². The predicted octanol–water partition coefficient (Wildman–Crippen LogP) is 6.89. The van der Waals surface area contributed by atoms with E-state index >= 15 is 0 Å². The van der Waals surface area contributed by atoms with Gasteiger partial charge in [-0.25, -0.2) is 0 Å². The maximum atomic E-state index is 13.7. The Morgan fingerprint density at radius 1 is 1.00 bits per heavy atom. The molecule has 0 aromatic heterocycles. The highest BCUT2D eigenvalue weighted by Crippen LogP contribution is 2.51. The van der Waals surface area contributed by atoms with Gasteiger partial charge in [0.2, 0.25) is 0 Å². The Bertz CT molecular complexity index is 1550. The van der Waals surface area contributed by atoms with Crippen molar-refractivity contribution in [2.45, 2.75) is 38.6 Å². The molecular formula is C33H30BClO5. The molecule has 1 heterocycles. The average Bonchev–Trinajstić information content (AvgIpc) is 2.95. The minimum absolute atomic E-state index is 0.00473. The third-order valence-corrected chi connectivity index (χ3v) is 8.97. The monoisotopic (exact) mass is 552 g/mol. The number of hydrogen-bond donors (Lipinski definition) is 2. The zero-order valence-electron chi connectivity index (χ0n) is 22.2. The number of benzene rings is 3. The minimum atomic E-state index is -1.01. The van der Waals surface area contributed by atoms with Crippen LogP contribution in [0.3, 0.4) is 0 Å². The molecule has 5 nitrogen and oxygen atoms in total. The lowest BCUT2D eigenvalue weighted by Gasteiger charge is -2.47. The fraction of sp³-hybridized carbons (Fsp3) is 0.273. The van der Waals surface area contributed by atoms with Gasteiger partial charge in [-0.3, -0.25) is 9.59 Å². The number of fused-ring (bicyclic) bond motifs is 4. The molecule has 0 amide bonds. The number of ketones is 2. The normalized spacial score (nSPS) is 24.5. The third-order valence-electron chi connectivity index (χ3n) is 8.64. The number of carbonyl (C=O) groups excluding carboxylic acids is 2. The Morgan fingerprint density at radius 3 is 2.42 bits per heavy atom. The van der Waals surface area contributed by atoms with E-state index in [0.29, 0.717) is 41.7 Å². The average molecular weight is 553 g/mol. The van der Waals surface area contributed by atoms with Crippen molar-refractivity contribution in [1.29, 1.82) is 0 Å². The lowest BCUT2D eigenvalue weighted by atomic mass is 9.54. The summed E-state index contributed by atoms with van der Waals surface area (Å²) in [5.74, 6) is -1.00. The number of carbonyl (C=O) groups is 2. The third kappa shape index (κ3) is 4.85. The van der Waals surface area contributed by atoms with Gasteiger partial charge in [-0.05, 0) is 85.0 Å². The van der Waals surface area contributed by atoms with E-state index in [4.69, 9.17) is 16.3 Å². The topological polar surface area (TPSA) is 83.8 Å². The molecule has 7 heteroatoms. The Morgan fingerprint density at radius 2 is 1.70 bits per heavy atom. The lowest BCUT2D eigenvalue weighted by molar-refractivity contribution is 0.0602. The van der Waals surface area contributed by atoms with E-state index in [1.54, 1.807) is 36.4 Å². The van der Waals surface area contributed by atoms with Gasteiger partial charge in [0, 0.05) is 23.0 Å². The van der Waals surface area contributed by atoms with Gasteiger partial charge in [-0.1, -0.05) is 71.8 Å². The van der Waals surface area contributed by atoms with Gasteiger partial charge in [-0.2, -0.15) is 0 Å². The number of halogens is 1. The molecule has 202 valence electrons. The molecule has 1 aliphatic heterocycles. The van der Waals surface area contributed by atoms with Gasteiger partial charge in [0.25, 0.3) is 0 Å². The van der Waals surface area contributed by atoms with Crippen molar-refractivity contribution in [3.8, 4) is 5.75 Å². The van der Waals surface area contributed by atoms with Gasteiger partial charge in [-0.15, -0.1) is 0 Å². The van der Waals surface area contributed by atoms with Crippen molar-refractivity contribution in [3.05, 3.63) is 111 Å². The van der Waals surface area contributed by atoms with Gasteiger partial charge in [0.15, 0.2) is 11.6 Å². The van der Waals surface area contributed by atoms with Gasteiger partial charge in [0.05, 0.1) is 11.1 Å². The van der Waals surface area contributed by atoms with Crippen molar-refractivity contribution < 1.29 is 24.4 Å². The number of phenolic OH excluding ortho intramolecular Hbond substituents is 1. The second-order valence-electron chi connectivity index (χ2n) is 11.0. The molecule has 1 fully saturated rings. The molecule has 0 bridgehead atoms. The Hall–Kier alpha value is -3.45. The highest BCUT2D eigenvalue weighted by atomic mass is 35.5. The van der Waals surface area contributed by atoms with E-state index in [0.717, 1.165) is 27.8 Å². The number of allylic oxidation sites excluding steroid dienone is 2. The zero-order chi connectivity index (χ0) is 28.0. The number of aromatic hydroxyl groups is 1. The highest BCUT2D eigenvalue weighted by Gasteiger charge is 2.52. The summed E-state index contributed by atoms with van der Waals surface area (Å²) in [5, 5.41) is 21.1. The summed E-state index contributed by atoms with van der Waals surface area (Å²) in [7, 11) is -1.01. The molecule has 0 spiro atoms. The summed E-state index contributed by atoms with van der Waals surface area (Å²) in [5.41, 5.74) is 6.01. The molecule has 6 rings (SSSR count). The quantitative estimate of drug-likeness (QED) is 0.204. The second-order valence-corrected chi connectivity index (χ2v) is 11.5. The van der Waals surface area contributed by atoms with Gasteiger partial charge < -0.3 is 14.8 Å². The van der Waals surface area contributed by atoms with Crippen LogP contribution in [0.2, 0.25) is 11.3 Å². The van der Waals surface area contributed by atoms with E-state index in [2.05, 4.69) is 0 Å². The molecule has 1 saturated heterocycles. The molecule has 40 heavy (non-hydrogen) atoms. The van der Waals surface area contributed by atoms with Crippen LogP contribution in [-0.2, 0) is 4.65 Å². The first-order chi connectivity index (χ1) is 19.3. The van der Waals surface area contributed by atoms with Gasteiger partial charge >= 0.3 is 7.12 Å². The van der Waals surface area contributed by atoms with Crippen molar-refractivity contribution >= 4 is 41.9 Å². The number of Topliss-reactive ketones (excluding diaryl/α,β-unsaturated/α-hetero) is 2. The van der Waals surface area contributed by atoms with Gasteiger partial charge in [0.1, 0.15) is 5.75 Å². The van der Waals surface area contributed by atoms with E-state index in [-0.39, 0.29) is 29.3 Å². The minimum Gasteiger partial charge on any atom is -0.508 e. The molecule has 4 atom stereocenters. The second kappa shape index (κ2) is 10.8. The van der Waals surface area contributed by atoms with Crippen LogP contribution in [0, 0.1) is 17.8 Å². The first kappa shape index (κ1) is 26.8. The van der Waals surface area contributed by atoms with Crippen molar-refractivity contribution in [2.75, 3.05) is 0 Å². The highest BCUT2D eigenvalue weighted by molar-refractivity contribution is 6.43. The number of rotatable bonds is 5. The first-order valence-corrected chi connectivity index (χ1v) is 14.1. The first-order valence-electron chi connectivity index (χ1n) is 13.8. The maximum Gasteiger partial charge on any atom is 0.455 e. The molecule has 3 aromatic rings. The van der Waals surface area contributed by atoms with Crippen LogP contribution in [0.1, 0.15) is 58.0 Å². The Labute approximate surface area is 239 Å².